The average Bonchev–Trinajstić information content (AvgIpc) is 3.19. The fourth-order valence-electron chi connectivity index (χ4n) is 1.79. The molecule has 6 heteroatoms. The van der Waals surface area contributed by atoms with Crippen molar-refractivity contribution in [2.24, 2.45) is 5.10 Å². The van der Waals surface area contributed by atoms with Crippen molar-refractivity contribution in [3.8, 4) is 9.75 Å². The molecular weight excluding hydrogens is 319 g/mol. The molecule has 0 aliphatic rings. The first-order valence-corrected chi connectivity index (χ1v) is 8.15. The molecule has 2 heterocycles. The zero-order valence-corrected chi connectivity index (χ0v) is 13.0. The van der Waals surface area contributed by atoms with E-state index in [0.29, 0.717) is 5.56 Å². The SMILES string of the molecule is O=C(N/N=C/c1ccc(-c2cccs2)s1)c1ccc(F)cc1. The molecule has 0 bridgehead atoms. The van der Waals surface area contributed by atoms with Crippen LogP contribution in [0.1, 0.15) is 15.2 Å². The van der Waals surface area contributed by atoms with E-state index in [1.807, 2.05) is 23.6 Å². The van der Waals surface area contributed by atoms with Gasteiger partial charge >= 0.3 is 0 Å². The van der Waals surface area contributed by atoms with Crippen molar-refractivity contribution in [2.45, 2.75) is 0 Å². The molecule has 3 nitrogen and oxygen atoms in total. The largest absolute Gasteiger partial charge is 0.271 e. The van der Waals surface area contributed by atoms with Gasteiger partial charge in [0, 0.05) is 20.2 Å². The van der Waals surface area contributed by atoms with E-state index in [2.05, 4.69) is 16.6 Å². The Labute approximate surface area is 134 Å². The van der Waals surface area contributed by atoms with Crippen LogP contribution in [0.5, 0.6) is 0 Å². The second-order valence-electron chi connectivity index (χ2n) is 4.39. The summed E-state index contributed by atoms with van der Waals surface area (Å²) in [4.78, 5) is 15.1. The summed E-state index contributed by atoms with van der Waals surface area (Å²) in [6, 6.07) is 13.4. The molecule has 1 aromatic carbocycles. The number of thiophene rings is 2. The minimum Gasteiger partial charge on any atom is -0.267 e. The van der Waals surface area contributed by atoms with Crippen molar-refractivity contribution in [1.82, 2.24) is 5.43 Å². The Bertz CT molecular complexity index is 792. The fraction of sp³-hybridized carbons (Fsp3) is 0. The summed E-state index contributed by atoms with van der Waals surface area (Å²) < 4.78 is 12.8. The van der Waals surface area contributed by atoms with E-state index in [1.54, 1.807) is 28.9 Å². The molecule has 0 radical (unpaired) electrons. The third kappa shape index (κ3) is 3.47. The Morgan fingerprint density at radius 1 is 1.09 bits per heavy atom. The van der Waals surface area contributed by atoms with E-state index in [4.69, 9.17) is 0 Å². The second-order valence-corrected chi connectivity index (χ2v) is 6.45. The van der Waals surface area contributed by atoms with Gasteiger partial charge in [-0.3, -0.25) is 4.79 Å². The summed E-state index contributed by atoms with van der Waals surface area (Å²) in [5.41, 5.74) is 2.79. The molecule has 3 rings (SSSR count). The van der Waals surface area contributed by atoms with Crippen LogP contribution in [0.2, 0.25) is 0 Å². The van der Waals surface area contributed by atoms with E-state index in [9.17, 15) is 9.18 Å². The van der Waals surface area contributed by atoms with Gasteiger partial charge < -0.3 is 0 Å². The molecule has 0 unspecified atom stereocenters. The van der Waals surface area contributed by atoms with E-state index in [0.717, 1.165) is 4.88 Å². The van der Waals surface area contributed by atoms with Crippen LogP contribution in [0.15, 0.2) is 59.0 Å². The number of hydrogen-bond acceptors (Lipinski definition) is 4. The lowest BCUT2D eigenvalue weighted by molar-refractivity contribution is 0.0955. The number of carbonyl (C=O) groups excluding carboxylic acids is 1. The molecular formula is C16H11FN2OS2. The highest BCUT2D eigenvalue weighted by Gasteiger charge is 2.04. The Morgan fingerprint density at radius 3 is 2.64 bits per heavy atom. The quantitative estimate of drug-likeness (QED) is 0.560. The molecule has 22 heavy (non-hydrogen) atoms. The Hall–Kier alpha value is -2.31. The molecule has 110 valence electrons. The molecule has 2 aromatic heterocycles. The predicted molar refractivity (Wildman–Crippen MR) is 89.1 cm³/mol. The number of hydrogen-bond donors (Lipinski definition) is 1. The lowest BCUT2D eigenvalue weighted by atomic mass is 10.2. The van der Waals surface area contributed by atoms with Gasteiger partial charge in [0.1, 0.15) is 5.82 Å². The highest BCUT2D eigenvalue weighted by atomic mass is 32.1. The van der Waals surface area contributed by atoms with Crippen molar-refractivity contribution in [3.63, 3.8) is 0 Å². The number of benzene rings is 1. The van der Waals surface area contributed by atoms with Crippen molar-refractivity contribution >= 4 is 34.8 Å². The first-order valence-electron chi connectivity index (χ1n) is 6.45. The number of carbonyl (C=O) groups is 1. The zero-order valence-electron chi connectivity index (χ0n) is 11.3. The minimum absolute atomic E-state index is 0.365. The number of hydrazone groups is 1. The molecule has 0 spiro atoms. The van der Waals surface area contributed by atoms with E-state index in [1.165, 1.54) is 34.0 Å². The Balaban J connectivity index is 1.62. The smallest absolute Gasteiger partial charge is 0.267 e. The summed E-state index contributed by atoms with van der Waals surface area (Å²) in [5, 5.41) is 5.96. The number of amides is 1. The van der Waals surface area contributed by atoms with Crippen molar-refractivity contribution in [2.75, 3.05) is 0 Å². The monoisotopic (exact) mass is 330 g/mol. The van der Waals surface area contributed by atoms with Gasteiger partial charge in [0.2, 0.25) is 0 Å². The summed E-state index contributed by atoms with van der Waals surface area (Å²) in [6.45, 7) is 0. The van der Waals surface area contributed by atoms with Crippen LogP contribution in [-0.2, 0) is 0 Å². The molecule has 0 aliphatic carbocycles. The van der Waals surface area contributed by atoms with Crippen LogP contribution in [-0.4, -0.2) is 12.1 Å². The summed E-state index contributed by atoms with van der Waals surface area (Å²) >= 11 is 3.28. The lowest BCUT2D eigenvalue weighted by Crippen LogP contribution is -2.17. The van der Waals surface area contributed by atoms with Crippen molar-refractivity contribution < 1.29 is 9.18 Å². The molecule has 3 aromatic rings. The standard InChI is InChI=1S/C16H11FN2OS2/c17-12-5-3-11(4-6-12)16(20)19-18-10-13-7-8-15(22-13)14-2-1-9-21-14/h1-10H,(H,19,20)/b18-10+. The van der Waals surface area contributed by atoms with Crippen LogP contribution >= 0.6 is 22.7 Å². The molecule has 0 atom stereocenters. The van der Waals surface area contributed by atoms with Gasteiger partial charge in [-0.15, -0.1) is 22.7 Å². The van der Waals surface area contributed by atoms with E-state index in [-0.39, 0.29) is 11.7 Å². The van der Waals surface area contributed by atoms with Crippen molar-refractivity contribution in [3.05, 3.63) is 70.2 Å². The maximum Gasteiger partial charge on any atom is 0.271 e. The fourth-order valence-corrected chi connectivity index (χ4v) is 3.51. The third-order valence-electron chi connectivity index (χ3n) is 2.86. The van der Waals surface area contributed by atoms with Gasteiger partial charge in [0.25, 0.3) is 5.91 Å². The Morgan fingerprint density at radius 2 is 1.91 bits per heavy atom. The van der Waals surface area contributed by atoms with Gasteiger partial charge in [-0.25, -0.2) is 9.82 Å². The Kier molecular flexibility index (Phi) is 4.41. The van der Waals surface area contributed by atoms with Gasteiger partial charge in [0.05, 0.1) is 6.21 Å². The first kappa shape index (κ1) is 14.6. The molecule has 0 fully saturated rings. The number of nitrogens with one attached hydrogen (secondary N) is 1. The predicted octanol–water partition coefficient (Wildman–Crippen LogP) is 4.38. The average molecular weight is 330 g/mol. The molecule has 1 N–H and O–H groups in total. The summed E-state index contributed by atoms with van der Waals surface area (Å²) in [5.74, 6) is -0.744. The minimum atomic E-state index is -0.375. The van der Waals surface area contributed by atoms with Gasteiger partial charge in [-0.1, -0.05) is 6.07 Å². The summed E-state index contributed by atoms with van der Waals surface area (Å²) in [7, 11) is 0. The summed E-state index contributed by atoms with van der Waals surface area (Å²) in [6.07, 6.45) is 1.60. The maximum atomic E-state index is 12.8. The van der Waals surface area contributed by atoms with E-state index < -0.39 is 0 Å². The highest BCUT2D eigenvalue weighted by molar-refractivity contribution is 7.22. The van der Waals surface area contributed by atoms with Crippen LogP contribution in [0.25, 0.3) is 9.75 Å². The van der Waals surface area contributed by atoms with Crippen LogP contribution in [0, 0.1) is 5.82 Å². The lowest BCUT2D eigenvalue weighted by Gasteiger charge is -1.98. The third-order valence-corrected chi connectivity index (χ3v) is 4.94. The maximum absolute atomic E-state index is 12.8. The van der Waals surface area contributed by atoms with Crippen LogP contribution < -0.4 is 5.43 Å². The van der Waals surface area contributed by atoms with Crippen LogP contribution in [0.3, 0.4) is 0 Å². The zero-order chi connectivity index (χ0) is 15.4. The number of halogens is 1. The normalized spacial score (nSPS) is 11.0. The molecule has 0 aliphatic heterocycles. The van der Waals surface area contributed by atoms with E-state index >= 15 is 0 Å². The van der Waals surface area contributed by atoms with Gasteiger partial charge in [0.15, 0.2) is 0 Å². The first-order chi connectivity index (χ1) is 10.7. The second kappa shape index (κ2) is 6.64. The highest BCUT2D eigenvalue weighted by Crippen LogP contribution is 2.30. The van der Waals surface area contributed by atoms with Crippen LogP contribution in [0.4, 0.5) is 4.39 Å². The molecule has 0 saturated heterocycles. The molecule has 1 amide bonds. The van der Waals surface area contributed by atoms with Gasteiger partial charge in [-0.2, -0.15) is 5.10 Å². The topological polar surface area (TPSA) is 41.5 Å². The number of rotatable bonds is 4. The van der Waals surface area contributed by atoms with Gasteiger partial charge in [-0.05, 0) is 47.8 Å². The van der Waals surface area contributed by atoms with Crippen molar-refractivity contribution in [1.29, 1.82) is 0 Å². The number of nitrogens with zero attached hydrogens (tertiary/aromatic N) is 1. The molecule has 0 saturated carbocycles.